The lowest BCUT2D eigenvalue weighted by atomic mass is 10.0. The number of carbonyl (C=O) groups excluding carboxylic acids is 1. The normalized spacial score (nSPS) is 12.1. The van der Waals surface area contributed by atoms with Crippen LogP contribution >= 0.6 is 0 Å². The van der Waals surface area contributed by atoms with Gasteiger partial charge in [0.1, 0.15) is 0 Å². The summed E-state index contributed by atoms with van der Waals surface area (Å²) in [6, 6.07) is 4.29. The van der Waals surface area contributed by atoms with Gasteiger partial charge in [0, 0.05) is 11.6 Å². The molecular weight excluding hydrogens is 242 g/mol. The van der Waals surface area contributed by atoms with Crippen molar-refractivity contribution in [2.75, 3.05) is 0 Å². The predicted molar refractivity (Wildman–Crippen MR) is 75.5 cm³/mol. The minimum atomic E-state index is -0.270. The van der Waals surface area contributed by atoms with Gasteiger partial charge in [0.05, 0.1) is 0 Å². The van der Waals surface area contributed by atoms with Crippen LogP contribution in [0.5, 0.6) is 11.5 Å². The maximum absolute atomic E-state index is 12.1. The first-order valence-corrected chi connectivity index (χ1v) is 6.91. The number of carbonyl (C=O) groups is 1. The van der Waals surface area contributed by atoms with E-state index in [-0.39, 0.29) is 23.4 Å². The molecule has 0 saturated carbocycles. The topological polar surface area (TPSA) is 69.6 Å². The van der Waals surface area contributed by atoms with Crippen LogP contribution in [0, 0.1) is 0 Å². The Bertz CT molecular complexity index is 418. The molecule has 0 heterocycles. The van der Waals surface area contributed by atoms with Crippen LogP contribution in [-0.2, 0) is 0 Å². The van der Waals surface area contributed by atoms with E-state index in [4.69, 9.17) is 0 Å². The van der Waals surface area contributed by atoms with Gasteiger partial charge in [0.15, 0.2) is 11.5 Å². The highest BCUT2D eigenvalue weighted by atomic mass is 16.3. The second kappa shape index (κ2) is 7.67. The molecule has 0 spiro atoms. The Morgan fingerprint density at radius 3 is 2.47 bits per heavy atom. The summed E-state index contributed by atoms with van der Waals surface area (Å²) in [6.45, 7) is 4.22. The number of nitrogens with one attached hydrogen (secondary N) is 1. The highest BCUT2D eigenvalue weighted by Crippen LogP contribution is 2.24. The molecule has 0 saturated heterocycles. The zero-order valence-corrected chi connectivity index (χ0v) is 11.6. The summed E-state index contributed by atoms with van der Waals surface area (Å²) in [5.41, 5.74) is 0.368. The van der Waals surface area contributed by atoms with Crippen molar-refractivity contribution in [3.05, 3.63) is 23.8 Å². The van der Waals surface area contributed by atoms with Gasteiger partial charge in [-0.15, -0.1) is 0 Å². The highest BCUT2D eigenvalue weighted by molar-refractivity contribution is 5.95. The fourth-order valence-electron chi connectivity index (χ4n) is 2.02. The molecule has 3 N–H and O–H groups in total. The van der Waals surface area contributed by atoms with Gasteiger partial charge >= 0.3 is 0 Å². The molecule has 0 aliphatic carbocycles. The van der Waals surface area contributed by atoms with Crippen molar-refractivity contribution in [2.45, 2.75) is 52.0 Å². The van der Waals surface area contributed by atoms with Crippen molar-refractivity contribution < 1.29 is 15.0 Å². The Hall–Kier alpha value is -1.71. The highest BCUT2D eigenvalue weighted by Gasteiger charge is 2.14. The number of aromatic hydroxyl groups is 2. The average Bonchev–Trinajstić information content (AvgIpc) is 2.39. The molecule has 19 heavy (non-hydrogen) atoms. The summed E-state index contributed by atoms with van der Waals surface area (Å²) < 4.78 is 0. The Morgan fingerprint density at radius 2 is 1.89 bits per heavy atom. The monoisotopic (exact) mass is 265 g/mol. The molecule has 0 bridgehead atoms. The first-order valence-electron chi connectivity index (χ1n) is 6.91. The number of benzene rings is 1. The van der Waals surface area contributed by atoms with Gasteiger partial charge in [-0.05, 0) is 31.0 Å². The Morgan fingerprint density at radius 1 is 1.16 bits per heavy atom. The first-order chi connectivity index (χ1) is 9.08. The molecule has 1 aromatic carbocycles. The fourth-order valence-corrected chi connectivity index (χ4v) is 2.02. The summed E-state index contributed by atoms with van der Waals surface area (Å²) in [4.78, 5) is 12.1. The molecule has 1 aromatic rings. The van der Waals surface area contributed by atoms with E-state index in [1.807, 2.05) is 0 Å². The molecule has 1 unspecified atom stereocenters. The van der Waals surface area contributed by atoms with E-state index < -0.39 is 0 Å². The second-order valence-electron chi connectivity index (χ2n) is 4.80. The number of unbranched alkanes of at least 4 members (excludes halogenated alkanes) is 1. The molecule has 4 heteroatoms. The Balaban J connectivity index is 2.66. The van der Waals surface area contributed by atoms with E-state index in [9.17, 15) is 15.0 Å². The van der Waals surface area contributed by atoms with E-state index in [1.165, 1.54) is 18.2 Å². The van der Waals surface area contributed by atoms with Crippen LogP contribution < -0.4 is 5.32 Å². The lowest BCUT2D eigenvalue weighted by molar-refractivity contribution is 0.0931. The van der Waals surface area contributed by atoms with Crippen LogP contribution in [0.4, 0.5) is 0 Å². The molecule has 1 atom stereocenters. The van der Waals surface area contributed by atoms with Crippen molar-refractivity contribution in [3.63, 3.8) is 0 Å². The van der Waals surface area contributed by atoms with E-state index in [0.29, 0.717) is 5.56 Å². The summed E-state index contributed by atoms with van der Waals surface area (Å²) in [5, 5.41) is 21.6. The molecule has 0 aromatic heterocycles. The van der Waals surface area contributed by atoms with E-state index in [0.717, 1.165) is 32.1 Å². The number of amides is 1. The van der Waals surface area contributed by atoms with Crippen molar-refractivity contribution in [1.82, 2.24) is 5.32 Å². The third kappa shape index (κ3) is 4.81. The standard InChI is InChI=1S/C15H23NO3/c1-3-5-7-12(6-4-2)16-15(19)11-8-9-13(17)14(18)10-11/h8-10,12,17-18H,3-7H2,1-2H3,(H,16,19). The van der Waals surface area contributed by atoms with Crippen LogP contribution in [0.1, 0.15) is 56.3 Å². The molecule has 0 radical (unpaired) electrons. The average molecular weight is 265 g/mol. The molecule has 0 fully saturated rings. The van der Waals surface area contributed by atoms with Gasteiger partial charge in [-0.25, -0.2) is 0 Å². The van der Waals surface area contributed by atoms with Gasteiger partial charge in [-0.1, -0.05) is 33.1 Å². The van der Waals surface area contributed by atoms with E-state index in [1.54, 1.807) is 0 Å². The molecular formula is C15H23NO3. The van der Waals surface area contributed by atoms with E-state index in [2.05, 4.69) is 19.2 Å². The number of phenols is 2. The summed E-state index contributed by atoms with van der Waals surface area (Å²) in [7, 11) is 0. The van der Waals surface area contributed by atoms with Gasteiger partial charge in [-0.2, -0.15) is 0 Å². The smallest absolute Gasteiger partial charge is 0.251 e. The van der Waals surface area contributed by atoms with Crippen LogP contribution in [0.2, 0.25) is 0 Å². The third-order valence-electron chi connectivity index (χ3n) is 3.12. The first kappa shape index (κ1) is 15.3. The Kier molecular flexibility index (Phi) is 6.19. The number of hydrogen-bond acceptors (Lipinski definition) is 3. The molecule has 0 aliphatic heterocycles. The maximum Gasteiger partial charge on any atom is 0.251 e. The van der Waals surface area contributed by atoms with Crippen molar-refractivity contribution in [2.24, 2.45) is 0 Å². The third-order valence-corrected chi connectivity index (χ3v) is 3.12. The minimum absolute atomic E-state index is 0.174. The van der Waals surface area contributed by atoms with Gasteiger partial charge in [0.2, 0.25) is 0 Å². The van der Waals surface area contributed by atoms with Crippen LogP contribution in [-0.4, -0.2) is 22.2 Å². The molecule has 4 nitrogen and oxygen atoms in total. The van der Waals surface area contributed by atoms with Crippen LogP contribution in [0.25, 0.3) is 0 Å². The molecule has 0 aliphatic rings. The van der Waals surface area contributed by atoms with Crippen molar-refractivity contribution in [3.8, 4) is 11.5 Å². The number of rotatable bonds is 7. The van der Waals surface area contributed by atoms with Gasteiger partial charge < -0.3 is 15.5 Å². The zero-order chi connectivity index (χ0) is 14.3. The van der Waals surface area contributed by atoms with E-state index >= 15 is 0 Å². The largest absolute Gasteiger partial charge is 0.504 e. The van der Waals surface area contributed by atoms with Crippen LogP contribution in [0.3, 0.4) is 0 Å². The summed E-state index contributed by atoms with van der Waals surface area (Å²) in [5.74, 6) is -0.689. The zero-order valence-electron chi connectivity index (χ0n) is 11.6. The fraction of sp³-hybridized carbons (Fsp3) is 0.533. The lowest BCUT2D eigenvalue weighted by Gasteiger charge is -2.18. The number of phenolic OH excluding ortho intramolecular Hbond substituents is 2. The molecule has 106 valence electrons. The SMILES string of the molecule is CCCCC(CCC)NC(=O)c1ccc(O)c(O)c1. The quantitative estimate of drug-likeness (QED) is 0.663. The number of hydrogen-bond donors (Lipinski definition) is 3. The van der Waals surface area contributed by atoms with Gasteiger partial charge in [0.25, 0.3) is 5.91 Å². The lowest BCUT2D eigenvalue weighted by Crippen LogP contribution is -2.34. The second-order valence-corrected chi connectivity index (χ2v) is 4.80. The van der Waals surface area contributed by atoms with Crippen molar-refractivity contribution >= 4 is 5.91 Å². The Labute approximate surface area is 114 Å². The summed E-state index contributed by atoms with van der Waals surface area (Å²) >= 11 is 0. The maximum atomic E-state index is 12.1. The minimum Gasteiger partial charge on any atom is -0.504 e. The van der Waals surface area contributed by atoms with Gasteiger partial charge in [-0.3, -0.25) is 4.79 Å². The molecule has 1 rings (SSSR count). The molecule has 1 amide bonds. The van der Waals surface area contributed by atoms with Crippen molar-refractivity contribution in [1.29, 1.82) is 0 Å². The van der Waals surface area contributed by atoms with Crippen LogP contribution in [0.15, 0.2) is 18.2 Å². The summed E-state index contributed by atoms with van der Waals surface area (Å²) in [6.07, 6.45) is 5.15. The predicted octanol–water partition coefficient (Wildman–Crippen LogP) is 3.19.